The number of nitriles is 2. The molecule has 0 spiro atoms. The van der Waals surface area contributed by atoms with Crippen molar-refractivity contribution in [3.63, 3.8) is 0 Å². The Morgan fingerprint density at radius 3 is 2.86 bits per heavy atom. The Hall–Kier alpha value is -2.76. The molecule has 2 heterocycles. The van der Waals surface area contributed by atoms with E-state index >= 15 is 0 Å². The summed E-state index contributed by atoms with van der Waals surface area (Å²) in [5.74, 6) is 0.549. The van der Waals surface area contributed by atoms with Gasteiger partial charge in [0.2, 0.25) is 0 Å². The van der Waals surface area contributed by atoms with Gasteiger partial charge in [-0.2, -0.15) is 10.5 Å². The zero-order valence-electron chi connectivity index (χ0n) is 10.7. The first-order valence-electron chi connectivity index (χ1n) is 6.15. The van der Waals surface area contributed by atoms with E-state index in [1.807, 2.05) is 12.1 Å². The van der Waals surface area contributed by atoms with Gasteiger partial charge >= 0.3 is 0 Å². The number of fused-ring (bicyclic) bond motifs is 3. The number of rotatable bonds is 1. The minimum Gasteiger partial charge on any atom is -0.484 e. The summed E-state index contributed by atoms with van der Waals surface area (Å²) >= 11 is 5.99. The Balaban J connectivity index is 2.31. The predicted octanol–water partition coefficient (Wildman–Crippen LogP) is 2.91. The Bertz CT molecular complexity index is 874. The predicted molar refractivity (Wildman–Crippen MR) is 75.8 cm³/mol. The molecule has 0 radical (unpaired) electrons. The lowest BCUT2D eigenvalue weighted by Crippen LogP contribution is -2.20. The summed E-state index contributed by atoms with van der Waals surface area (Å²) in [7, 11) is 0. The van der Waals surface area contributed by atoms with Gasteiger partial charge < -0.3 is 9.72 Å². The summed E-state index contributed by atoms with van der Waals surface area (Å²) in [4.78, 5) is 14.6. The van der Waals surface area contributed by atoms with Crippen molar-refractivity contribution in [1.29, 1.82) is 10.5 Å². The van der Waals surface area contributed by atoms with Crippen LogP contribution in [-0.4, -0.2) is 4.98 Å². The molecule has 102 valence electrons. The molecule has 0 saturated carbocycles. The summed E-state index contributed by atoms with van der Waals surface area (Å²) in [6.45, 7) is 0. The van der Waals surface area contributed by atoms with Crippen molar-refractivity contribution in [2.45, 2.75) is 12.5 Å². The molecule has 0 saturated heterocycles. The van der Waals surface area contributed by atoms with Crippen molar-refractivity contribution in [3.8, 4) is 29.1 Å². The monoisotopic (exact) mass is 297 g/mol. The largest absolute Gasteiger partial charge is 0.484 e. The number of ether oxygens (including phenoxy) is 1. The third kappa shape index (κ3) is 2.14. The topological polar surface area (TPSA) is 89.7 Å². The zero-order valence-corrected chi connectivity index (χ0v) is 11.4. The molecule has 0 bridgehead atoms. The Morgan fingerprint density at radius 2 is 2.14 bits per heavy atom. The first kappa shape index (κ1) is 13.2. The summed E-state index contributed by atoms with van der Waals surface area (Å²) < 4.78 is 5.78. The molecule has 6 heteroatoms. The highest BCUT2D eigenvalue weighted by molar-refractivity contribution is 6.31. The summed E-state index contributed by atoms with van der Waals surface area (Å²) in [5, 5.41) is 18.4. The molecule has 1 aromatic heterocycles. The van der Waals surface area contributed by atoms with Gasteiger partial charge in [-0.1, -0.05) is 11.6 Å². The number of benzene rings is 1. The van der Waals surface area contributed by atoms with Crippen molar-refractivity contribution < 1.29 is 4.74 Å². The second-order valence-corrected chi connectivity index (χ2v) is 5.00. The highest BCUT2D eigenvalue weighted by Gasteiger charge is 2.28. The van der Waals surface area contributed by atoms with Crippen LogP contribution in [0.25, 0.3) is 11.3 Å². The van der Waals surface area contributed by atoms with E-state index in [4.69, 9.17) is 26.9 Å². The highest BCUT2D eigenvalue weighted by Crippen LogP contribution is 2.42. The molecule has 1 aliphatic heterocycles. The van der Waals surface area contributed by atoms with Gasteiger partial charge in [0.1, 0.15) is 23.5 Å². The highest BCUT2D eigenvalue weighted by atomic mass is 35.5. The van der Waals surface area contributed by atoms with Crippen molar-refractivity contribution >= 4 is 11.6 Å². The number of halogens is 1. The lowest BCUT2D eigenvalue weighted by Gasteiger charge is -2.27. The molecule has 5 nitrogen and oxygen atoms in total. The van der Waals surface area contributed by atoms with E-state index in [1.54, 1.807) is 18.2 Å². The molecule has 0 aliphatic carbocycles. The molecule has 1 aromatic carbocycles. The number of hydrogen-bond donors (Lipinski definition) is 1. The first-order chi connectivity index (χ1) is 10.1. The third-order valence-electron chi connectivity index (χ3n) is 3.30. The number of pyridine rings is 1. The quantitative estimate of drug-likeness (QED) is 0.876. The molecule has 3 rings (SSSR count). The molecule has 21 heavy (non-hydrogen) atoms. The van der Waals surface area contributed by atoms with Gasteiger partial charge in [0.25, 0.3) is 5.56 Å². The zero-order chi connectivity index (χ0) is 15.0. The minimum absolute atomic E-state index is 0.00855. The minimum atomic E-state index is -0.525. The van der Waals surface area contributed by atoms with Crippen LogP contribution < -0.4 is 10.3 Å². The molecule has 1 N–H and O–H groups in total. The van der Waals surface area contributed by atoms with Gasteiger partial charge in [-0.05, 0) is 24.3 Å². The summed E-state index contributed by atoms with van der Waals surface area (Å²) in [6, 6.07) is 10.4. The molecule has 0 fully saturated rings. The standard InChI is InChI=1S/C15H8ClN3O2/c16-9-1-2-12-11(6-9)14-10(13(21-12)3-4-17)5-8(7-18)15(20)19-14/h1-2,5-6,13H,3H2,(H,19,20). The fraction of sp³-hybridized carbons (Fsp3) is 0.133. The van der Waals surface area contributed by atoms with Crippen LogP contribution in [0.15, 0.2) is 29.1 Å². The van der Waals surface area contributed by atoms with Crippen LogP contribution in [-0.2, 0) is 0 Å². The molecular weight excluding hydrogens is 290 g/mol. The Morgan fingerprint density at radius 1 is 1.33 bits per heavy atom. The Labute approximate surface area is 125 Å². The van der Waals surface area contributed by atoms with Gasteiger partial charge in [0, 0.05) is 16.1 Å². The van der Waals surface area contributed by atoms with E-state index < -0.39 is 11.7 Å². The van der Waals surface area contributed by atoms with Gasteiger partial charge in [-0.15, -0.1) is 0 Å². The number of nitrogens with one attached hydrogen (secondary N) is 1. The smallest absolute Gasteiger partial charge is 0.266 e. The fourth-order valence-corrected chi connectivity index (χ4v) is 2.53. The Kier molecular flexibility index (Phi) is 3.13. The van der Waals surface area contributed by atoms with Crippen molar-refractivity contribution in [1.82, 2.24) is 4.98 Å². The number of aromatic nitrogens is 1. The second-order valence-electron chi connectivity index (χ2n) is 4.56. The average molecular weight is 298 g/mol. The molecule has 1 unspecified atom stereocenters. The van der Waals surface area contributed by atoms with E-state index in [-0.39, 0.29) is 12.0 Å². The number of aromatic amines is 1. The maximum atomic E-state index is 11.9. The van der Waals surface area contributed by atoms with E-state index in [2.05, 4.69) is 4.98 Å². The molecular formula is C15H8ClN3O2. The van der Waals surface area contributed by atoms with E-state index in [0.29, 0.717) is 27.6 Å². The van der Waals surface area contributed by atoms with Crippen LogP contribution in [0.1, 0.15) is 23.7 Å². The average Bonchev–Trinajstić information content (AvgIpc) is 2.48. The van der Waals surface area contributed by atoms with E-state index in [9.17, 15) is 4.79 Å². The van der Waals surface area contributed by atoms with Gasteiger partial charge in [-0.25, -0.2) is 0 Å². The van der Waals surface area contributed by atoms with Crippen molar-refractivity contribution in [3.05, 3.63) is 50.8 Å². The van der Waals surface area contributed by atoms with Crippen LogP contribution in [0.5, 0.6) is 5.75 Å². The number of hydrogen-bond acceptors (Lipinski definition) is 4. The number of H-pyrrole nitrogens is 1. The van der Waals surface area contributed by atoms with E-state index in [0.717, 1.165) is 0 Å². The van der Waals surface area contributed by atoms with Crippen LogP contribution in [0.4, 0.5) is 0 Å². The molecule has 0 amide bonds. The van der Waals surface area contributed by atoms with E-state index in [1.165, 1.54) is 6.07 Å². The summed E-state index contributed by atoms with van der Waals surface area (Å²) in [5.41, 5.74) is 1.32. The van der Waals surface area contributed by atoms with Crippen LogP contribution in [0.3, 0.4) is 0 Å². The molecule has 2 aromatic rings. The SMILES string of the molecule is N#CCC1Oc2ccc(Cl)cc2-c2[nH]c(=O)c(C#N)cc21. The van der Waals surface area contributed by atoms with Gasteiger partial charge in [0.15, 0.2) is 0 Å². The van der Waals surface area contributed by atoms with Crippen molar-refractivity contribution in [2.75, 3.05) is 0 Å². The normalized spacial score (nSPS) is 15.1. The van der Waals surface area contributed by atoms with Gasteiger partial charge in [0.05, 0.1) is 18.2 Å². The summed E-state index contributed by atoms with van der Waals surface area (Å²) in [6.07, 6.45) is -0.408. The first-order valence-corrected chi connectivity index (χ1v) is 6.52. The molecule has 1 aliphatic rings. The van der Waals surface area contributed by atoms with Crippen LogP contribution in [0, 0.1) is 22.7 Å². The fourth-order valence-electron chi connectivity index (χ4n) is 2.36. The lowest BCUT2D eigenvalue weighted by molar-refractivity contribution is 0.207. The number of nitrogens with zero attached hydrogens (tertiary/aromatic N) is 2. The second kappa shape index (κ2) is 4.97. The molecule has 1 atom stereocenters. The van der Waals surface area contributed by atoms with Crippen LogP contribution >= 0.6 is 11.6 Å². The maximum absolute atomic E-state index is 11.9. The van der Waals surface area contributed by atoms with Crippen molar-refractivity contribution in [2.24, 2.45) is 0 Å². The maximum Gasteiger partial charge on any atom is 0.266 e. The lowest BCUT2D eigenvalue weighted by atomic mass is 9.95. The third-order valence-corrected chi connectivity index (χ3v) is 3.53. The van der Waals surface area contributed by atoms with Gasteiger partial charge in [-0.3, -0.25) is 4.79 Å². The van der Waals surface area contributed by atoms with Crippen LogP contribution in [0.2, 0.25) is 5.02 Å².